The highest BCUT2D eigenvalue weighted by Crippen LogP contribution is 2.23. The first-order valence-electron chi connectivity index (χ1n) is 11.1. The van der Waals surface area contributed by atoms with E-state index in [0.717, 1.165) is 22.0 Å². The van der Waals surface area contributed by atoms with Gasteiger partial charge in [-0.05, 0) is 30.0 Å². The molecular weight excluding hydrogens is 448 g/mol. The van der Waals surface area contributed by atoms with Gasteiger partial charge in [0.25, 0.3) is 5.91 Å². The Morgan fingerprint density at radius 2 is 1.66 bits per heavy atom. The largest absolute Gasteiger partial charge is 0.370 e. The van der Waals surface area contributed by atoms with Crippen LogP contribution in [0.3, 0.4) is 0 Å². The fourth-order valence-corrected chi connectivity index (χ4v) is 3.82. The third kappa shape index (κ3) is 6.73. The van der Waals surface area contributed by atoms with Crippen LogP contribution in [0.4, 0.5) is 4.79 Å². The number of carbonyl (C=O) groups excluding carboxylic acids is 3. The number of hydrogen-bond donors (Lipinski definition) is 6. The van der Waals surface area contributed by atoms with E-state index in [2.05, 4.69) is 15.3 Å². The maximum absolute atomic E-state index is 13.7. The number of nitrogens with zero attached hydrogens (tertiary/aromatic N) is 2. The molecule has 0 aliphatic heterocycles. The number of primary amides is 2. The number of urea groups is 1. The standard InChI is InChI=1S/C24H30N8O3/c25-21(33)20(6-3-11-29-23(26)27)32(14-16-9-7-15(8-10-16)12-31-24(28)35)22(34)18-13-30-19-5-2-1-4-17(18)19/h1-2,4-5,7-10,13,20,30H,3,6,11-12,14H2,(H2,25,33)(H4,26,27,29)(H3,28,31,35)/t20-/m1/s1. The molecule has 0 radical (unpaired) electrons. The Balaban J connectivity index is 1.89. The number of H-pyrrole nitrogens is 1. The highest BCUT2D eigenvalue weighted by molar-refractivity contribution is 6.07. The number of fused-ring (bicyclic) bond motifs is 1. The Labute approximate surface area is 202 Å². The Morgan fingerprint density at radius 1 is 0.971 bits per heavy atom. The molecule has 0 spiro atoms. The average Bonchev–Trinajstić information content (AvgIpc) is 3.26. The number of para-hydroxylation sites is 1. The SMILES string of the molecule is NC(=O)NCc1ccc(CN(C(=O)c2c[nH]c3ccccc23)[C@H](CCCN=C(N)N)C(N)=O)cc1. The number of carbonyl (C=O) groups is 3. The number of benzene rings is 2. The van der Waals surface area contributed by atoms with Gasteiger partial charge in [-0.25, -0.2) is 4.79 Å². The Kier molecular flexibility index (Phi) is 8.28. The van der Waals surface area contributed by atoms with E-state index in [1.54, 1.807) is 6.20 Å². The van der Waals surface area contributed by atoms with E-state index in [4.69, 9.17) is 22.9 Å². The number of amides is 4. The molecule has 1 aromatic heterocycles. The average molecular weight is 479 g/mol. The molecule has 11 heteroatoms. The number of nitrogens with two attached hydrogens (primary N) is 4. The minimum absolute atomic E-state index is 0.0433. The van der Waals surface area contributed by atoms with Gasteiger partial charge in [0, 0.05) is 36.7 Å². The van der Waals surface area contributed by atoms with E-state index in [0.29, 0.717) is 24.9 Å². The van der Waals surface area contributed by atoms with Gasteiger partial charge < -0.3 is 38.1 Å². The van der Waals surface area contributed by atoms with Crippen molar-refractivity contribution in [3.05, 3.63) is 71.4 Å². The van der Waals surface area contributed by atoms with Crippen LogP contribution in [0.25, 0.3) is 10.9 Å². The molecule has 0 fully saturated rings. The molecule has 0 saturated carbocycles. The van der Waals surface area contributed by atoms with Crippen molar-refractivity contribution in [2.45, 2.75) is 32.0 Å². The maximum atomic E-state index is 13.7. The fraction of sp³-hybridized carbons (Fsp3) is 0.250. The summed E-state index contributed by atoms with van der Waals surface area (Å²) >= 11 is 0. The van der Waals surface area contributed by atoms with E-state index in [1.165, 1.54) is 4.90 Å². The second-order valence-electron chi connectivity index (χ2n) is 8.08. The second-order valence-corrected chi connectivity index (χ2v) is 8.08. The molecule has 1 heterocycles. The monoisotopic (exact) mass is 478 g/mol. The van der Waals surface area contributed by atoms with E-state index in [1.807, 2.05) is 48.5 Å². The molecule has 2 aromatic carbocycles. The zero-order valence-electron chi connectivity index (χ0n) is 19.2. The van der Waals surface area contributed by atoms with Crippen LogP contribution >= 0.6 is 0 Å². The Morgan fingerprint density at radius 3 is 2.31 bits per heavy atom. The lowest BCUT2D eigenvalue weighted by Gasteiger charge is -2.30. The lowest BCUT2D eigenvalue weighted by molar-refractivity contribution is -0.122. The van der Waals surface area contributed by atoms with Crippen LogP contribution in [0, 0.1) is 0 Å². The van der Waals surface area contributed by atoms with Crippen molar-refractivity contribution in [1.29, 1.82) is 0 Å². The van der Waals surface area contributed by atoms with Crippen molar-refractivity contribution < 1.29 is 14.4 Å². The molecule has 0 bridgehead atoms. The third-order valence-electron chi connectivity index (χ3n) is 5.56. The molecule has 0 unspecified atom stereocenters. The van der Waals surface area contributed by atoms with E-state index in [9.17, 15) is 14.4 Å². The van der Waals surface area contributed by atoms with Crippen molar-refractivity contribution in [1.82, 2.24) is 15.2 Å². The Bertz CT molecular complexity index is 1210. The highest BCUT2D eigenvalue weighted by Gasteiger charge is 2.30. The van der Waals surface area contributed by atoms with Crippen molar-refractivity contribution in [3.8, 4) is 0 Å². The molecule has 3 rings (SSSR count). The summed E-state index contributed by atoms with van der Waals surface area (Å²) in [6.45, 7) is 0.739. The molecule has 35 heavy (non-hydrogen) atoms. The number of aromatic nitrogens is 1. The van der Waals surface area contributed by atoms with Gasteiger partial charge in [-0.2, -0.15) is 0 Å². The minimum atomic E-state index is -0.874. The second kappa shape index (κ2) is 11.5. The first-order chi connectivity index (χ1) is 16.8. The van der Waals surface area contributed by atoms with Crippen molar-refractivity contribution in [3.63, 3.8) is 0 Å². The molecule has 1 atom stereocenters. The van der Waals surface area contributed by atoms with Crippen LogP contribution in [0.2, 0.25) is 0 Å². The highest BCUT2D eigenvalue weighted by atomic mass is 16.2. The summed E-state index contributed by atoms with van der Waals surface area (Å²) in [4.78, 5) is 45.7. The van der Waals surface area contributed by atoms with E-state index in [-0.39, 0.29) is 25.0 Å². The number of aliphatic imine (C=N–C) groups is 1. The topological polar surface area (TPSA) is 199 Å². The van der Waals surface area contributed by atoms with Gasteiger partial charge in [0.1, 0.15) is 6.04 Å². The molecule has 184 valence electrons. The molecular formula is C24H30N8O3. The quantitative estimate of drug-likeness (QED) is 0.135. The number of rotatable bonds is 11. The van der Waals surface area contributed by atoms with E-state index >= 15 is 0 Å². The maximum Gasteiger partial charge on any atom is 0.312 e. The normalized spacial score (nSPS) is 11.5. The number of aromatic amines is 1. The van der Waals surface area contributed by atoms with Crippen molar-refractivity contribution >= 4 is 34.7 Å². The van der Waals surface area contributed by atoms with Gasteiger partial charge in [0.15, 0.2) is 5.96 Å². The first kappa shape index (κ1) is 25.1. The van der Waals surface area contributed by atoms with E-state index < -0.39 is 18.0 Å². The van der Waals surface area contributed by atoms with Gasteiger partial charge in [0.2, 0.25) is 5.91 Å². The van der Waals surface area contributed by atoms with Crippen molar-refractivity contribution in [2.75, 3.05) is 6.54 Å². The predicted octanol–water partition coefficient (Wildman–Crippen LogP) is 0.886. The molecule has 4 amide bonds. The lowest BCUT2D eigenvalue weighted by Crippen LogP contribution is -2.47. The lowest BCUT2D eigenvalue weighted by atomic mass is 10.0. The van der Waals surface area contributed by atoms with Crippen LogP contribution in [0.5, 0.6) is 0 Å². The summed E-state index contributed by atoms with van der Waals surface area (Å²) in [6.07, 6.45) is 2.39. The first-order valence-corrected chi connectivity index (χ1v) is 11.1. The van der Waals surface area contributed by atoms with Crippen LogP contribution in [-0.4, -0.2) is 46.3 Å². The van der Waals surface area contributed by atoms with Gasteiger partial charge in [-0.1, -0.05) is 42.5 Å². The van der Waals surface area contributed by atoms with Gasteiger partial charge in [-0.3, -0.25) is 14.6 Å². The predicted molar refractivity (Wildman–Crippen MR) is 134 cm³/mol. The zero-order chi connectivity index (χ0) is 25.4. The molecule has 0 saturated heterocycles. The fourth-order valence-electron chi connectivity index (χ4n) is 3.82. The Hall–Kier alpha value is -4.54. The summed E-state index contributed by atoms with van der Waals surface area (Å²) in [6, 6.07) is 13.2. The number of guanidine groups is 1. The minimum Gasteiger partial charge on any atom is -0.370 e. The summed E-state index contributed by atoms with van der Waals surface area (Å²) in [5, 5.41) is 3.28. The summed E-state index contributed by atoms with van der Waals surface area (Å²) in [5.74, 6) is -0.990. The molecule has 3 aromatic rings. The zero-order valence-corrected chi connectivity index (χ0v) is 19.2. The van der Waals surface area contributed by atoms with Crippen LogP contribution in [0.15, 0.2) is 59.7 Å². The number of hydrogen-bond acceptors (Lipinski definition) is 4. The third-order valence-corrected chi connectivity index (χ3v) is 5.56. The molecule has 11 nitrogen and oxygen atoms in total. The van der Waals surface area contributed by atoms with Gasteiger partial charge >= 0.3 is 6.03 Å². The summed E-state index contributed by atoms with van der Waals surface area (Å²) in [7, 11) is 0. The van der Waals surface area contributed by atoms with Crippen LogP contribution in [0.1, 0.15) is 34.3 Å². The summed E-state index contributed by atoms with van der Waals surface area (Å²) < 4.78 is 0. The van der Waals surface area contributed by atoms with Crippen LogP contribution < -0.4 is 28.3 Å². The molecule has 0 aliphatic rings. The van der Waals surface area contributed by atoms with Crippen molar-refractivity contribution in [2.24, 2.45) is 27.9 Å². The smallest absolute Gasteiger partial charge is 0.312 e. The number of nitrogens with one attached hydrogen (secondary N) is 2. The van der Waals surface area contributed by atoms with Gasteiger partial charge in [-0.15, -0.1) is 0 Å². The summed E-state index contributed by atoms with van der Waals surface area (Å²) in [5.41, 5.74) is 24.5. The van der Waals surface area contributed by atoms with Crippen LogP contribution in [-0.2, 0) is 17.9 Å². The molecule has 0 aliphatic carbocycles. The molecule has 10 N–H and O–H groups in total. The van der Waals surface area contributed by atoms with Gasteiger partial charge in [0.05, 0.1) is 5.56 Å².